The van der Waals surface area contributed by atoms with Crippen molar-refractivity contribution < 1.29 is 4.79 Å². The fourth-order valence-electron chi connectivity index (χ4n) is 1.67. The van der Waals surface area contributed by atoms with Crippen LogP contribution < -0.4 is 11.1 Å². The predicted octanol–water partition coefficient (Wildman–Crippen LogP) is 2.20. The van der Waals surface area contributed by atoms with E-state index in [9.17, 15) is 4.79 Å². The first-order valence-corrected chi connectivity index (χ1v) is 6.00. The van der Waals surface area contributed by atoms with E-state index in [4.69, 9.17) is 5.73 Å². The van der Waals surface area contributed by atoms with Crippen molar-refractivity contribution in [2.45, 2.75) is 71.4 Å². The Hall–Kier alpha value is -0.570. The van der Waals surface area contributed by atoms with Gasteiger partial charge in [0.05, 0.1) is 6.04 Å². The molecule has 90 valence electrons. The molecule has 0 unspecified atom stereocenters. The molecular weight excluding hydrogens is 188 g/mol. The van der Waals surface area contributed by atoms with Gasteiger partial charge in [-0.15, -0.1) is 0 Å². The molecule has 1 amide bonds. The largest absolute Gasteiger partial charge is 0.350 e. The number of unbranched alkanes of at least 4 members (excludes halogenated alkanes) is 1. The summed E-state index contributed by atoms with van der Waals surface area (Å²) in [6.45, 7) is 8.30. The Bertz CT molecular complexity index is 190. The molecule has 0 fully saturated rings. The van der Waals surface area contributed by atoms with E-state index in [2.05, 4.69) is 19.2 Å². The molecule has 3 nitrogen and oxygen atoms in total. The number of hydrogen-bond acceptors (Lipinski definition) is 2. The van der Waals surface area contributed by atoms with Gasteiger partial charge in [0, 0.05) is 5.54 Å². The maximum absolute atomic E-state index is 11.7. The summed E-state index contributed by atoms with van der Waals surface area (Å²) in [6.07, 6.45) is 4.93. The first-order valence-electron chi connectivity index (χ1n) is 6.00. The van der Waals surface area contributed by atoms with Crippen molar-refractivity contribution in [2.24, 2.45) is 5.73 Å². The van der Waals surface area contributed by atoms with Crippen LogP contribution in [0.3, 0.4) is 0 Å². The lowest BCUT2D eigenvalue weighted by atomic mass is 9.98. The Labute approximate surface area is 93.8 Å². The van der Waals surface area contributed by atoms with E-state index in [0.717, 1.165) is 32.1 Å². The number of nitrogens with one attached hydrogen (secondary N) is 1. The Kier molecular flexibility index (Phi) is 6.57. The van der Waals surface area contributed by atoms with Gasteiger partial charge < -0.3 is 11.1 Å². The van der Waals surface area contributed by atoms with Crippen molar-refractivity contribution in [2.75, 3.05) is 0 Å². The highest BCUT2D eigenvalue weighted by molar-refractivity contribution is 5.82. The Balaban J connectivity index is 4.00. The van der Waals surface area contributed by atoms with Crippen LogP contribution in [0.2, 0.25) is 0 Å². The molecule has 0 bridgehead atoms. The molecule has 0 aliphatic rings. The molecule has 0 spiro atoms. The van der Waals surface area contributed by atoms with Gasteiger partial charge >= 0.3 is 0 Å². The van der Waals surface area contributed by atoms with Crippen LogP contribution in [0.1, 0.15) is 59.8 Å². The molecule has 0 rings (SSSR count). The molecule has 0 heterocycles. The molecule has 3 N–H and O–H groups in total. The topological polar surface area (TPSA) is 55.1 Å². The van der Waals surface area contributed by atoms with Crippen LogP contribution in [0.25, 0.3) is 0 Å². The van der Waals surface area contributed by atoms with Crippen LogP contribution >= 0.6 is 0 Å². The zero-order valence-corrected chi connectivity index (χ0v) is 10.6. The molecule has 3 heteroatoms. The third-order valence-corrected chi connectivity index (χ3v) is 2.54. The third kappa shape index (κ3) is 6.50. The fraction of sp³-hybridized carbons (Fsp3) is 0.917. The monoisotopic (exact) mass is 214 g/mol. The van der Waals surface area contributed by atoms with Crippen molar-refractivity contribution in [1.29, 1.82) is 0 Å². The van der Waals surface area contributed by atoms with Gasteiger partial charge in [0.25, 0.3) is 0 Å². The van der Waals surface area contributed by atoms with Crippen LogP contribution in [0, 0.1) is 0 Å². The minimum atomic E-state index is -0.346. The average molecular weight is 214 g/mol. The van der Waals surface area contributed by atoms with Crippen LogP contribution in [0.15, 0.2) is 0 Å². The van der Waals surface area contributed by atoms with E-state index in [0.29, 0.717) is 0 Å². The summed E-state index contributed by atoms with van der Waals surface area (Å²) in [5.41, 5.74) is 5.67. The lowest BCUT2D eigenvalue weighted by Gasteiger charge is -2.27. The van der Waals surface area contributed by atoms with Crippen LogP contribution in [-0.4, -0.2) is 17.5 Å². The van der Waals surface area contributed by atoms with Gasteiger partial charge in [-0.25, -0.2) is 0 Å². The lowest BCUT2D eigenvalue weighted by Crippen LogP contribution is -2.50. The minimum absolute atomic E-state index is 0.0121. The number of nitrogens with two attached hydrogens (primary N) is 1. The number of rotatable bonds is 7. The van der Waals surface area contributed by atoms with Gasteiger partial charge in [0.2, 0.25) is 5.91 Å². The van der Waals surface area contributed by atoms with Crippen molar-refractivity contribution in [1.82, 2.24) is 5.32 Å². The van der Waals surface area contributed by atoms with Gasteiger partial charge in [-0.3, -0.25) is 4.79 Å². The van der Waals surface area contributed by atoms with Gasteiger partial charge in [-0.05, 0) is 26.7 Å². The quantitative estimate of drug-likeness (QED) is 0.682. The summed E-state index contributed by atoms with van der Waals surface area (Å²) < 4.78 is 0. The first kappa shape index (κ1) is 14.4. The summed E-state index contributed by atoms with van der Waals surface area (Å²) in [5.74, 6) is -0.0121. The van der Waals surface area contributed by atoms with Gasteiger partial charge in [0.15, 0.2) is 0 Å². The van der Waals surface area contributed by atoms with Crippen molar-refractivity contribution in [3.05, 3.63) is 0 Å². The van der Waals surface area contributed by atoms with Crippen molar-refractivity contribution >= 4 is 5.91 Å². The number of carbonyl (C=O) groups excluding carboxylic acids is 1. The highest BCUT2D eigenvalue weighted by atomic mass is 16.2. The lowest BCUT2D eigenvalue weighted by molar-refractivity contribution is -0.124. The Morgan fingerprint density at radius 1 is 1.33 bits per heavy atom. The number of hydrogen-bond donors (Lipinski definition) is 2. The molecule has 0 aliphatic carbocycles. The summed E-state index contributed by atoms with van der Waals surface area (Å²) >= 11 is 0. The van der Waals surface area contributed by atoms with Crippen LogP contribution in [0.5, 0.6) is 0 Å². The van der Waals surface area contributed by atoms with Crippen LogP contribution in [0.4, 0.5) is 0 Å². The predicted molar refractivity (Wildman–Crippen MR) is 64.6 cm³/mol. The SMILES string of the molecule is CCCC[C@H](N)C(=O)NC(C)(C)CCC. The summed E-state index contributed by atoms with van der Waals surface area (Å²) in [7, 11) is 0. The van der Waals surface area contributed by atoms with Crippen molar-refractivity contribution in [3.8, 4) is 0 Å². The van der Waals surface area contributed by atoms with Gasteiger partial charge in [-0.1, -0.05) is 33.1 Å². The molecule has 15 heavy (non-hydrogen) atoms. The highest BCUT2D eigenvalue weighted by Crippen LogP contribution is 2.11. The molecular formula is C12H26N2O. The normalized spacial score (nSPS) is 13.7. The molecule has 0 aromatic rings. The fourth-order valence-corrected chi connectivity index (χ4v) is 1.67. The second kappa shape index (κ2) is 6.83. The highest BCUT2D eigenvalue weighted by Gasteiger charge is 2.22. The Morgan fingerprint density at radius 3 is 2.40 bits per heavy atom. The van der Waals surface area contributed by atoms with Gasteiger partial charge in [0.1, 0.15) is 0 Å². The van der Waals surface area contributed by atoms with Crippen molar-refractivity contribution in [3.63, 3.8) is 0 Å². The maximum Gasteiger partial charge on any atom is 0.237 e. The van der Waals surface area contributed by atoms with E-state index < -0.39 is 0 Å². The second-order valence-electron chi connectivity index (χ2n) is 4.87. The Morgan fingerprint density at radius 2 is 1.93 bits per heavy atom. The maximum atomic E-state index is 11.7. The van der Waals surface area contributed by atoms with E-state index in [-0.39, 0.29) is 17.5 Å². The summed E-state index contributed by atoms with van der Waals surface area (Å²) in [4.78, 5) is 11.7. The van der Waals surface area contributed by atoms with E-state index in [1.807, 2.05) is 13.8 Å². The second-order valence-corrected chi connectivity index (χ2v) is 4.87. The molecule has 0 saturated heterocycles. The third-order valence-electron chi connectivity index (χ3n) is 2.54. The number of carbonyl (C=O) groups is 1. The van der Waals surface area contributed by atoms with Crippen LogP contribution in [-0.2, 0) is 4.79 Å². The molecule has 0 saturated carbocycles. The smallest absolute Gasteiger partial charge is 0.237 e. The molecule has 0 aliphatic heterocycles. The zero-order valence-electron chi connectivity index (χ0n) is 10.6. The average Bonchev–Trinajstić information content (AvgIpc) is 2.13. The number of amides is 1. The van der Waals surface area contributed by atoms with E-state index >= 15 is 0 Å². The summed E-state index contributed by atoms with van der Waals surface area (Å²) in [5, 5.41) is 3.00. The van der Waals surface area contributed by atoms with E-state index in [1.54, 1.807) is 0 Å². The van der Waals surface area contributed by atoms with Gasteiger partial charge in [-0.2, -0.15) is 0 Å². The zero-order chi connectivity index (χ0) is 11.9. The summed E-state index contributed by atoms with van der Waals surface area (Å²) in [6, 6.07) is -0.346. The minimum Gasteiger partial charge on any atom is -0.350 e. The molecule has 0 aromatic carbocycles. The standard InChI is InChI=1S/C12H26N2O/c1-5-7-8-10(13)11(15)14-12(3,4)9-6-2/h10H,5-9,13H2,1-4H3,(H,14,15)/t10-/m0/s1. The molecule has 0 radical (unpaired) electrons. The first-order chi connectivity index (χ1) is 6.93. The van der Waals surface area contributed by atoms with E-state index in [1.165, 1.54) is 0 Å². The molecule has 1 atom stereocenters. The molecule has 0 aromatic heterocycles.